The van der Waals surface area contributed by atoms with Gasteiger partial charge in [-0.15, -0.1) is 0 Å². The van der Waals surface area contributed by atoms with E-state index in [0.29, 0.717) is 11.3 Å². The van der Waals surface area contributed by atoms with E-state index >= 15 is 0 Å². The van der Waals surface area contributed by atoms with Crippen LogP contribution in [0, 0.1) is 24.0 Å². The van der Waals surface area contributed by atoms with Gasteiger partial charge in [0.05, 0.1) is 9.82 Å². The number of hydrogen-bond acceptors (Lipinski definition) is 5. The van der Waals surface area contributed by atoms with Crippen molar-refractivity contribution in [1.82, 2.24) is 0 Å². The molecule has 0 bridgehead atoms. The maximum absolute atomic E-state index is 12.5. The average Bonchev–Trinajstić information content (AvgIpc) is 2.70. The fourth-order valence-corrected chi connectivity index (χ4v) is 3.91. The average molecular weight is 425 g/mol. The summed E-state index contributed by atoms with van der Waals surface area (Å²) in [5.74, 6) is -0.324. The summed E-state index contributed by atoms with van der Waals surface area (Å²) in [6, 6.07) is 16.3. The van der Waals surface area contributed by atoms with Crippen molar-refractivity contribution in [2.24, 2.45) is 0 Å². The first-order chi connectivity index (χ1) is 14.2. The molecule has 9 heteroatoms. The molecule has 1 amide bonds. The van der Waals surface area contributed by atoms with Crippen LogP contribution in [-0.4, -0.2) is 19.2 Å². The van der Waals surface area contributed by atoms with E-state index in [1.54, 1.807) is 0 Å². The third kappa shape index (κ3) is 4.81. The van der Waals surface area contributed by atoms with Gasteiger partial charge >= 0.3 is 0 Å². The first-order valence-electron chi connectivity index (χ1n) is 8.92. The number of anilines is 2. The van der Waals surface area contributed by atoms with Gasteiger partial charge in [-0.05, 0) is 55.8 Å². The Labute approximate surface area is 173 Å². The third-order valence-corrected chi connectivity index (χ3v) is 5.75. The molecule has 0 aromatic heterocycles. The molecule has 0 saturated carbocycles. The van der Waals surface area contributed by atoms with Crippen molar-refractivity contribution in [3.63, 3.8) is 0 Å². The molecule has 0 aliphatic rings. The fourth-order valence-electron chi connectivity index (χ4n) is 2.82. The number of benzene rings is 3. The van der Waals surface area contributed by atoms with Crippen LogP contribution < -0.4 is 10.0 Å². The van der Waals surface area contributed by atoms with Crippen LogP contribution in [0.25, 0.3) is 0 Å². The summed E-state index contributed by atoms with van der Waals surface area (Å²) in [6.45, 7) is 3.86. The summed E-state index contributed by atoms with van der Waals surface area (Å²) < 4.78 is 27.3. The predicted molar refractivity (Wildman–Crippen MR) is 114 cm³/mol. The Morgan fingerprint density at radius 2 is 1.67 bits per heavy atom. The lowest BCUT2D eigenvalue weighted by molar-refractivity contribution is -0.385. The molecular formula is C21H19N3O5S. The van der Waals surface area contributed by atoms with Gasteiger partial charge in [-0.1, -0.05) is 23.8 Å². The first kappa shape index (κ1) is 21.0. The van der Waals surface area contributed by atoms with Crippen molar-refractivity contribution in [3.05, 3.63) is 93.5 Å². The van der Waals surface area contributed by atoms with E-state index < -0.39 is 14.9 Å². The van der Waals surface area contributed by atoms with E-state index in [1.165, 1.54) is 42.5 Å². The van der Waals surface area contributed by atoms with Crippen molar-refractivity contribution in [1.29, 1.82) is 0 Å². The van der Waals surface area contributed by atoms with Gasteiger partial charge in [0.15, 0.2) is 0 Å². The molecule has 2 N–H and O–H groups in total. The molecule has 0 atom stereocenters. The van der Waals surface area contributed by atoms with Gasteiger partial charge in [0.1, 0.15) is 0 Å². The van der Waals surface area contributed by atoms with Crippen LogP contribution in [0.3, 0.4) is 0 Å². The number of nitro groups is 1. The molecule has 0 aliphatic heterocycles. The zero-order chi connectivity index (χ0) is 21.9. The van der Waals surface area contributed by atoms with E-state index in [1.807, 2.05) is 32.0 Å². The number of nitrogens with zero attached hydrogens (tertiary/aromatic N) is 1. The molecule has 0 saturated heterocycles. The van der Waals surface area contributed by atoms with E-state index in [0.717, 1.165) is 17.2 Å². The van der Waals surface area contributed by atoms with Crippen LogP contribution >= 0.6 is 0 Å². The Morgan fingerprint density at radius 3 is 2.30 bits per heavy atom. The van der Waals surface area contributed by atoms with Gasteiger partial charge in [-0.3, -0.25) is 19.6 Å². The zero-order valence-corrected chi connectivity index (χ0v) is 17.1. The van der Waals surface area contributed by atoms with Gasteiger partial charge in [0.2, 0.25) is 0 Å². The molecule has 0 aliphatic carbocycles. The Bertz CT molecular complexity index is 1220. The molecular weight excluding hydrogens is 406 g/mol. The molecule has 0 heterocycles. The van der Waals surface area contributed by atoms with Crippen molar-refractivity contribution < 1.29 is 18.1 Å². The van der Waals surface area contributed by atoms with Crippen LogP contribution in [0.2, 0.25) is 0 Å². The number of carbonyl (C=O) groups excluding carboxylic acids is 1. The summed E-state index contributed by atoms with van der Waals surface area (Å²) in [5.41, 5.74) is 2.98. The minimum absolute atomic E-state index is 0.226. The molecule has 0 fully saturated rings. The molecule has 3 rings (SSSR count). The van der Waals surface area contributed by atoms with Crippen molar-refractivity contribution in [2.75, 3.05) is 10.0 Å². The zero-order valence-electron chi connectivity index (χ0n) is 16.2. The Hall–Kier alpha value is -3.72. The van der Waals surface area contributed by atoms with Crippen LogP contribution in [-0.2, 0) is 10.0 Å². The first-order valence-corrected chi connectivity index (χ1v) is 10.4. The second kappa shape index (κ2) is 8.34. The van der Waals surface area contributed by atoms with Crippen LogP contribution in [0.1, 0.15) is 21.5 Å². The van der Waals surface area contributed by atoms with Crippen molar-refractivity contribution in [3.8, 4) is 0 Å². The fraction of sp³-hybridized carbons (Fsp3) is 0.0952. The number of non-ortho nitro benzene ring substituents is 1. The highest BCUT2D eigenvalue weighted by molar-refractivity contribution is 7.92. The van der Waals surface area contributed by atoms with Gasteiger partial charge in [-0.25, -0.2) is 8.42 Å². The molecule has 8 nitrogen and oxygen atoms in total. The standard InChI is InChI=1S/C21H19N3O5S/c1-14-6-11-20(15(2)12-14)22-21(25)16-7-9-17(10-8-16)23-30(28,29)19-5-3-4-18(13-19)24(26)27/h3-13,23H,1-2H3,(H,22,25). The lowest BCUT2D eigenvalue weighted by Crippen LogP contribution is -2.14. The van der Waals surface area contributed by atoms with Crippen LogP contribution in [0.4, 0.5) is 17.1 Å². The van der Waals surface area contributed by atoms with Gasteiger partial charge < -0.3 is 5.32 Å². The Kier molecular flexibility index (Phi) is 5.84. The smallest absolute Gasteiger partial charge is 0.270 e. The molecule has 154 valence electrons. The lowest BCUT2D eigenvalue weighted by Gasteiger charge is -2.11. The molecule has 0 radical (unpaired) electrons. The largest absolute Gasteiger partial charge is 0.322 e. The number of carbonyl (C=O) groups is 1. The molecule has 3 aromatic carbocycles. The predicted octanol–water partition coefficient (Wildman–Crippen LogP) is 4.26. The van der Waals surface area contributed by atoms with Gasteiger partial charge in [-0.2, -0.15) is 0 Å². The normalized spacial score (nSPS) is 11.0. The van der Waals surface area contributed by atoms with E-state index in [9.17, 15) is 23.3 Å². The summed E-state index contributed by atoms with van der Waals surface area (Å²) in [5, 5.41) is 13.7. The number of sulfonamides is 1. The Morgan fingerprint density at radius 1 is 0.967 bits per heavy atom. The summed E-state index contributed by atoms with van der Waals surface area (Å²) in [4.78, 5) is 22.4. The number of nitrogens with one attached hydrogen (secondary N) is 2. The number of aryl methyl sites for hydroxylation is 2. The number of hydrogen-bond donors (Lipinski definition) is 2. The maximum Gasteiger partial charge on any atom is 0.270 e. The quantitative estimate of drug-likeness (QED) is 0.452. The Balaban J connectivity index is 1.74. The maximum atomic E-state index is 12.5. The molecule has 3 aromatic rings. The molecule has 0 spiro atoms. The lowest BCUT2D eigenvalue weighted by atomic mass is 10.1. The number of rotatable bonds is 6. The van der Waals surface area contributed by atoms with Crippen molar-refractivity contribution in [2.45, 2.75) is 18.7 Å². The second-order valence-electron chi connectivity index (χ2n) is 6.71. The SMILES string of the molecule is Cc1ccc(NC(=O)c2ccc(NS(=O)(=O)c3cccc([N+](=O)[O-])c3)cc2)c(C)c1. The number of nitro benzene ring substituents is 1. The molecule has 0 unspecified atom stereocenters. The van der Waals surface area contributed by atoms with E-state index in [4.69, 9.17) is 0 Å². The van der Waals surface area contributed by atoms with E-state index in [-0.39, 0.29) is 22.2 Å². The highest BCUT2D eigenvalue weighted by Gasteiger charge is 2.18. The topological polar surface area (TPSA) is 118 Å². The molecule has 30 heavy (non-hydrogen) atoms. The minimum atomic E-state index is -4.02. The van der Waals surface area contributed by atoms with Crippen LogP contribution in [0.15, 0.2) is 71.6 Å². The summed E-state index contributed by atoms with van der Waals surface area (Å²) in [7, 11) is -4.02. The summed E-state index contributed by atoms with van der Waals surface area (Å²) in [6.07, 6.45) is 0. The van der Waals surface area contributed by atoms with Crippen LogP contribution in [0.5, 0.6) is 0 Å². The van der Waals surface area contributed by atoms with E-state index in [2.05, 4.69) is 10.0 Å². The minimum Gasteiger partial charge on any atom is -0.322 e. The monoisotopic (exact) mass is 425 g/mol. The van der Waals surface area contributed by atoms with Gasteiger partial charge in [0, 0.05) is 29.1 Å². The second-order valence-corrected chi connectivity index (χ2v) is 8.39. The van der Waals surface area contributed by atoms with Gasteiger partial charge in [0.25, 0.3) is 21.6 Å². The highest BCUT2D eigenvalue weighted by Crippen LogP contribution is 2.21. The number of amides is 1. The highest BCUT2D eigenvalue weighted by atomic mass is 32.2. The van der Waals surface area contributed by atoms with Crippen molar-refractivity contribution >= 4 is 33.0 Å². The third-order valence-electron chi connectivity index (χ3n) is 4.37. The summed E-state index contributed by atoms with van der Waals surface area (Å²) >= 11 is 0.